The molecule has 7 heteroatoms. The highest BCUT2D eigenvalue weighted by atomic mass is 28.4. The molecule has 0 amide bonds. The number of carboxylic acid groups (broad SMARTS) is 1. The Balaban J connectivity index is 4.20. The highest BCUT2D eigenvalue weighted by molar-refractivity contribution is 6.60. The Bertz CT molecular complexity index is 248. The molecule has 0 aromatic rings. The van der Waals surface area contributed by atoms with E-state index in [1.54, 1.807) is 0 Å². The van der Waals surface area contributed by atoms with Crippen molar-refractivity contribution in [1.29, 1.82) is 0 Å². The Hall–Kier alpha value is -0.473. The fourth-order valence-electron chi connectivity index (χ4n) is 1.97. The predicted octanol–water partition coefficient (Wildman–Crippen LogP) is 1.83. The van der Waals surface area contributed by atoms with Crippen LogP contribution in [0.4, 0.5) is 0 Å². The number of nitrogens with zero attached hydrogens (tertiary/aromatic N) is 1. The van der Waals surface area contributed by atoms with Crippen molar-refractivity contribution < 1.29 is 23.2 Å². The van der Waals surface area contributed by atoms with E-state index in [4.69, 9.17) is 18.4 Å². The quantitative estimate of drug-likeness (QED) is 0.524. The molecule has 6 nitrogen and oxygen atoms in total. The van der Waals surface area contributed by atoms with Gasteiger partial charge in [0.15, 0.2) is 0 Å². The van der Waals surface area contributed by atoms with Gasteiger partial charge in [0.05, 0.1) is 6.42 Å². The van der Waals surface area contributed by atoms with Crippen molar-refractivity contribution in [3.63, 3.8) is 0 Å². The SMILES string of the molecule is CCO[Si](CCCN(C)CCC(=O)O)(OCC)OCC. The average Bonchev–Trinajstić information content (AvgIpc) is 2.37. The molecule has 0 bridgehead atoms. The number of rotatable bonds is 13. The van der Waals surface area contributed by atoms with Gasteiger partial charge in [0.1, 0.15) is 0 Å². The molecule has 1 N–H and O–H groups in total. The third-order valence-corrected chi connectivity index (χ3v) is 5.97. The lowest BCUT2D eigenvalue weighted by atomic mass is 10.3. The van der Waals surface area contributed by atoms with E-state index in [0.717, 1.165) is 19.0 Å². The summed E-state index contributed by atoms with van der Waals surface area (Å²) < 4.78 is 17.3. The first kappa shape index (κ1) is 19.5. The molecule has 0 aromatic carbocycles. The number of carboxylic acids is 1. The Kier molecular flexibility index (Phi) is 10.9. The van der Waals surface area contributed by atoms with Gasteiger partial charge >= 0.3 is 14.8 Å². The molecule has 0 atom stereocenters. The highest BCUT2D eigenvalue weighted by Gasteiger charge is 2.39. The summed E-state index contributed by atoms with van der Waals surface area (Å²) in [5.41, 5.74) is 0. The molecule has 0 heterocycles. The van der Waals surface area contributed by atoms with Gasteiger partial charge in [-0.25, -0.2) is 0 Å². The minimum Gasteiger partial charge on any atom is -0.481 e. The molecular weight excluding hydrogens is 278 g/mol. The minimum atomic E-state index is -2.55. The van der Waals surface area contributed by atoms with Crippen molar-refractivity contribution in [2.24, 2.45) is 0 Å². The van der Waals surface area contributed by atoms with E-state index in [9.17, 15) is 4.79 Å². The molecular formula is C13H29NO5Si. The van der Waals surface area contributed by atoms with Crippen LogP contribution in [0.15, 0.2) is 0 Å². The maximum absolute atomic E-state index is 10.5. The summed E-state index contributed by atoms with van der Waals surface area (Å²) in [4.78, 5) is 12.5. The lowest BCUT2D eigenvalue weighted by molar-refractivity contribution is -0.137. The van der Waals surface area contributed by atoms with Crippen molar-refractivity contribution in [2.45, 2.75) is 39.7 Å². The second-order valence-corrected chi connectivity index (χ2v) is 7.26. The van der Waals surface area contributed by atoms with E-state index in [-0.39, 0.29) is 6.42 Å². The van der Waals surface area contributed by atoms with Crippen molar-refractivity contribution in [1.82, 2.24) is 4.90 Å². The van der Waals surface area contributed by atoms with Gasteiger partial charge in [0.2, 0.25) is 0 Å². The van der Waals surface area contributed by atoms with Gasteiger partial charge in [-0.1, -0.05) is 0 Å². The summed E-state index contributed by atoms with van der Waals surface area (Å²) in [7, 11) is -0.625. The standard InChI is InChI=1S/C13H29NO5Si/c1-5-17-20(18-6-2,19-7-3)12-8-10-14(4)11-9-13(15)16/h5-12H2,1-4H3,(H,15,16). The smallest absolute Gasteiger partial charge is 0.481 e. The molecule has 120 valence electrons. The van der Waals surface area contributed by atoms with Crippen LogP contribution < -0.4 is 0 Å². The summed E-state index contributed by atoms with van der Waals surface area (Å²) >= 11 is 0. The summed E-state index contributed by atoms with van der Waals surface area (Å²) in [6, 6.07) is 0.764. The average molecular weight is 307 g/mol. The molecule has 0 saturated carbocycles. The van der Waals surface area contributed by atoms with Crippen LogP contribution >= 0.6 is 0 Å². The second kappa shape index (κ2) is 11.2. The Morgan fingerprint density at radius 1 is 1.05 bits per heavy atom. The summed E-state index contributed by atoms with van der Waals surface area (Å²) in [5, 5.41) is 8.65. The normalized spacial score (nSPS) is 12.1. The minimum absolute atomic E-state index is 0.168. The Morgan fingerprint density at radius 3 is 1.95 bits per heavy atom. The topological polar surface area (TPSA) is 68.2 Å². The molecule has 0 radical (unpaired) electrons. The van der Waals surface area contributed by atoms with Crippen molar-refractivity contribution in [2.75, 3.05) is 40.0 Å². The molecule has 20 heavy (non-hydrogen) atoms. The summed E-state index contributed by atoms with van der Waals surface area (Å²) in [6.07, 6.45) is 1.05. The maximum Gasteiger partial charge on any atom is 0.500 e. The first-order chi connectivity index (χ1) is 9.49. The van der Waals surface area contributed by atoms with Gasteiger partial charge in [-0.3, -0.25) is 4.79 Å². The molecule has 0 rings (SSSR count). The van der Waals surface area contributed by atoms with Crippen LogP contribution in [0, 0.1) is 0 Å². The molecule has 0 aliphatic heterocycles. The molecule has 0 aliphatic carbocycles. The number of hydrogen-bond donors (Lipinski definition) is 1. The number of hydrogen-bond acceptors (Lipinski definition) is 5. The van der Waals surface area contributed by atoms with Crippen LogP contribution in [0.5, 0.6) is 0 Å². The first-order valence-corrected chi connectivity index (χ1v) is 9.25. The fourth-order valence-corrected chi connectivity index (χ4v) is 4.56. The van der Waals surface area contributed by atoms with Gasteiger partial charge in [0.25, 0.3) is 0 Å². The van der Waals surface area contributed by atoms with Crippen LogP contribution in [0.1, 0.15) is 33.6 Å². The second-order valence-electron chi connectivity index (χ2n) is 4.53. The molecule has 0 spiro atoms. The van der Waals surface area contributed by atoms with E-state index >= 15 is 0 Å². The monoisotopic (exact) mass is 307 g/mol. The van der Waals surface area contributed by atoms with Crippen molar-refractivity contribution >= 4 is 14.8 Å². The Morgan fingerprint density at radius 2 is 1.55 bits per heavy atom. The van der Waals surface area contributed by atoms with Crippen molar-refractivity contribution in [3.05, 3.63) is 0 Å². The molecule has 0 unspecified atom stereocenters. The van der Waals surface area contributed by atoms with Crippen LogP contribution in [0.3, 0.4) is 0 Å². The van der Waals surface area contributed by atoms with E-state index in [1.165, 1.54) is 0 Å². The van der Waals surface area contributed by atoms with Crippen LogP contribution in [0.25, 0.3) is 0 Å². The zero-order chi connectivity index (χ0) is 15.4. The lowest BCUT2D eigenvalue weighted by Crippen LogP contribution is -2.46. The maximum atomic E-state index is 10.5. The number of carbonyl (C=O) groups is 1. The third kappa shape index (κ3) is 8.65. The predicted molar refractivity (Wildman–Crippen MR) is 79.8 cm³/mol. The Labute approximate surface area is 123 Å². The van der Waals surface area contributed by atoms with E-state index in [1.807, 2.05) is 32.7 Å². The van der Waals surface area contributed by atoms with Gasteiger partial charge < -0.3 is 23.3 Å². The van der Waals surface area contributed by atoms with Gasteiger partial charge in [-0.05, 0) is 40.8 Å². The summed E-state index contributed by atoms with van der Waals surface area (Å²) in [6.45, 7) is 8.95. The van der Waals surface area contributed by atoms with Crippen molar-refractivity contribution in [3.8, 4) is 0 Å². The molecule has 0 fully saturated rings. The fraction of sp³-hybridized carbons (Fsp3) is 0.923. The van der Waals surface area contributed by atoms with Crippen LogP contribution in [0.2, 0.25) is 6.04 Å². The van der Waals surface area contributed by atoms with Crippen LogP contribution in [-0.2, 0) is 18.1 Å². The highest BCUT2D eigenvalue weighted by Crippen LogP contribution is 2.18. The first-order valence-electron chi connectivity index (χ1n) is 7.31. The molecule has 0 aliphatic rings. The third-order valence-electron chi connectivity index (χ3n) is 2.82. The zero-order valence-corrected chi connectivity index (χ0v) is 14.2. The molecule has 0 aromatic heterocycles. The van der Waals surface area contributed by atoms with E-state index < -0.39 is 14.8 Å². The van der Waals surface area contributed by atoms with E-state index in [2.05, 4.69) is 0 Å². The zero-order valence-electron chi connectivity index (χ0n) is 13.2. The molecule has 0 saturated heterocycles. The summed E-state index contributed by atoms with van der Waals surface area (Å²) in [5.74, 6) is -0.765. The van der Waals surface area contributed by atoms with Gasteiger partial charge in [-0.15, -0.1) is 0 Å². The lowest BCUT2D eigenvalue weighted by Gasteiger charge is -2.29. The van der Waals surface area contributed by atoms with Gasteiger partial charge in [-0.2, -0.15) is 0 Å². The van der Waals surface area contributed by atoms with E-state index in [0.29, 0.717) is 26.4 Å². The number of aliphatic carboxylic acids is 1. The van der Waals surface area contributed by atoms with Crippen LogP contribution in [-0.4, -0.2) is 64.7 Å². The largest absolute Gasteiger partial charge is 0.500 e. The van der Waals surface area contributed by atoms with Gasteiger partial charge in [0, 0.05) is 32.4 Å².